The minimum Gasteiger partial charge on any atom is -0.507 e. The van der Waals surface area contributed by atoms with Crippen LogP contribution >= 0.6 is 15.9 Å². The molecule has 0 saturated carbocycles. The fourth-order valence-electron chi connectivity index (χ4n) is 1.52. The highest BCUT2D eigenvalue weighted by atomic mass is 79.9. The summed E-state index contributed by atoms with van der Waals surface area (Å²) in [6.07, 6.45) is 1.61. The number of nitrogens with zero attached hydrogens (tertiary/aromatic N) is 2. The van der Waals surface area contributed by atoms with Gasteiger partial charge in [0, 0.05) is 17.7 Å². The van der Waals surface area contributed by atoms with Crippen LogP contribution in [-0.4, -0.2) is 23.0 Å². The van der Waals surface area contributed by atoms with Crippen molar-refractivity contribution in [2.24, 2.45) is 0 Å². The number of phenolic OH excluding ortho intramolecular Hbond substituents is 1. The smallest absolute Gasteiger partial charge is 0.262 e. The maximum absolute atomic E-state index is 12.2. The van der Waals surface area contributed by atoms with E-state index in [4.69, 9.17) is 0 Å². The number of aromatic hydroxyl groups is 1. The number of halogens is 1. The summed E-state index contributed by atoms with van der Waals surface area (Å²) >= 11 is 3.23. The van der Waals surface area contributed by atoms with Crippen molar-refractivity contribution in [2.45, 2.75) is 0 Å². The molecule has 0 saturated heterocycles. The zero-order valence-electron chi connectivity index (χ0n) is 9.67. The largest absolute Gasteiger partial charge is 0.507 e. The third-order valence-corrected chi connectivity index (χ3v) is 2.98. The zero-order valence-corrected chi connectivity index (χ0v) is 11.3. The number of hydrogen-bond acceptors (Lipinski definition) is 3. The quantitative estimate of drug-likeness (QED) is 0.928. The van der Waals surface area contributed by atoms with Crippen LogP contribution in [0, 0.1) is 0 Å². The molecule has 0 radical (unpaired) electrons. The van der Waals surface area contributed by atoms with E-state index in [0.29, 0.717) is 5.82 Å². The molecule has 1 N–H and O–H groups in total. The Morgan fingerprint density at radius 1 is 1.33 bits per heavy atom. The lowest BCUT2D eigenvalue weighted by molar-refractivity contribution is 0.0989. The van der Waals surface area contributed by atoms with Gasteiger partial charge in [-0.15, -0.1) is 0 Å². The van der Waals surface area contributed by atoms with Gasteiger partial charge in [-0.05, 0) is 30.3 Å². The predicted octanol–water partition coefficient (Wildman–Crippen LogP) is 2.83. The maximum Gasteiger partial charge on any atom is 0.262 e. The number of carbonyl (C=O) groups is 1. The lowest BCUT2D eigenvalue weighted by Crippen LogP contribution is -2.27. The summed E-state index contributed by atoms with van der Waals surface area (Å²) in [6.45, 7) is 0. The van der Waals surface area contributed by atoms with E-state index < -0.39 is 0 Å². The third-order valence-electron chi connectivity index (χ3n) is 2.49. The van der Waals surface area contributed by atoms with Crippen LogP contribution in [0.5, 0.6) is 5.75 Å². The monoisotopic (exact) mass is 306 g/mol. The summed E-state index contributed by atoms with van der Waals surface area (Å²) in [7, 11) is 1.62. The Kier molecular flexibility index (Phi) is 3.62. The Bertz CT molecular complexity index is 572. The average molecular weight is 307 g/mol. The SMILES string of the molecule is CN(C(=O)c1ccc(Br)cc1O)c1ccccn1. The minimum atomic E-state index is -0.307. The normalized spacial score (nSPS) is 10.1. The van der Waals surface area contributed by atoms with Crippen LogP contribution in [0.25, 0.3) is 0 Å². The molecule has 92 valence electrons. The Morgan fingerprint density at radius 2 is 2.11 bits per heavy atom. The summed E-state index contributed by atoms with van der Waals surface area (Å²) in [4.78, 5) is 17.7. The Hall–Kier alpha value is -1.88. The highest BCUT2D eigenvalue weighted by molar-refractivity contribution is 9.10. The summed E-state index contributed by atoms with van der Waals surface area (Å²) < 4.78 is 0.719. The van der Waals surface area contributed by atoms with E-state index in [-0.39, 0.29) is 17.2 Å². The van der Waals surface area contributed by atoms with Gasteiger partial charge in [0.2, 0.25) is 0 Å². The van der Waals surface area contributed by atoms with E-state index in [1.807, 2.05) is 0 Å². The standard InChI is InChI=1S/C13H11BrN2O2/c1-16(12-4-2-3-7-15-12)13(18)10-6-5-9(14)8-11(10)17/h2-8,17H,1H3. The molecule has 0 aliphatic heterocycles. The summed E-state index contributed by atoms with van der Waals surface area (Å²) in [5, 5.41) is 9.76. The van der Waals surface area contributed by atoms with Gasteiger partial charge >= 0.3 is 0 Å². The molecule has 5 heteroatoms. The topological polar surface area (TPSA) is 53.4 Å². The highest BCUT2D eigenvalue weighted by Gasteiger charge is 2.17. The number of benzene rings is 1. The van der Waals surface area contributed by atoms with E-state index >= 15 is 0 Å². The number of hydrogen-bond donors (Lipinski definition) is 1. The van der Waals surface area contributed by atoms with Crippen LogP contribution in [0.3, 0.4) is 0 Å². The lowest BCUT2D eigenvalue weighted by Gasteiger charge is -2.16. The molecule has 0 aliphatic carbocycles. The first kappa shape index (κ1) is 12.6. The molecule has 1 aromatic carbocycles. The minimum absolute atomic E-state index is 0.0582. The molecule has 1 heterocycles. The van der Waals surface area contributed by atoms with Crippen LogP contribution in [0.15, 0.2) is 47.1 Å². The van der Waals surface area contributed by atoms with Crippen LogP contribution in [0.4, 0.5) is 5.82 Å². The Morgan fingerprint density at radius 3 is 2.72 bits per heavy atom. The van der Waals surface area contributed by atoms with Gasteiger partial charge in [0.15, 0.2) is 0 Å². The molecular formula is C13H11BrN2O2. The van der Waals surface area contributed by atoms with Gasteiger partial charge in [-0.3, -0.25) is 9.69 Å². The van der Waals surface area contributed by atoms with Crippen LogP contribution in [-0.2, 0) is 0 Å². The lowest BCUT2D eigenvalue weighted by atomic mass is 10.2. The van der Waals surface area contributed by atoms with Crippen LogP contribution < -0.4 is 4.90 Å². The molecule has 0 spiro atoms. The fourth-order valence-corrected chi connectivity index (χ4v) is 1.87. The number of anilines is 1. The summed E-state index contributed by atoms with van der Waals surface area (Å²) in [5.41, 5.74) is 0.242. The molecule has 1 aromatic heterocycles. The van der Waals surface area contributed by atoms with Crippen molar-refractivity contribution in [1.82, 2.24) is 4.98 Å². The summed E-state index contributed by atoms with van der Waals surface area (Å²) in [5.74, 6) is 0.167. The molecule has 1 amide bonds. The molecule has 0 aliphatic rings. The van der Waals surface area contributed by atoms with Gasteiger partial charge in [0.1, 0.15) is 11.6 Å². The molecule has 18 heavy (non-hydrogen) atoms. The van der Waals surface area contributed by atoms with Crippen LogP contribution in [0.1, 0.15) is 10.4 Å². The van der Waals surface area contributed by atoms with Crippen molar-refractivity contribution in [3.63, 3.8) is 0 Å². The van der Waals surface area contributed by atoms with Crippen molar-refractivity contribution >= 4 is 27.7 Å². The van der Waals surface area contributed by atoms with Crippen molar-refractivity contribution < 1.29 is 9.90 Å². The number of carbonyl (C=O) groups excluding carboxylic acids is 1. The summed E-state index contributed by atoms with van der Waals surface area (Å²) in [6, 6.07) is 10.1. The predicted molar refractivity (Wildman–Crippen MR) is 72.8 cm³/mol. The molecule has 0 unspecified atom stereocenters. The van der Waals surface area contributed by atoms with Gasteiger partial charge < -0.3 is 5.11 Å². The second-order valence-electron chi connectivity index (χ2n) is 3.71. The molecular weight excluding hydrogens is 296 g/mol. The molecule has 0 bridgehead atoms. The van der Waals surface area contributed by atoms with Gasteiger partial charge in [-0.25, -0.2) is 4.98 Å². The third kappa shape index (κ3) is 2.51. The second-order valence-corrected chi connectivity index (χ2v) is 4.63. The number of phenols is 1. The van der Waals surface area contributed by atoms with Gasteiger partial charge in [0.25, 0.3) is 5.91 Å². The fraction of sp³-hybridized carbons (Fsp3) is 0.0769. The van der Waals surface area contributed by atoms with Crippen molar-refractivity contribution in [2.75, 3.05) is 11.9 Å². The molecule has 2 aromatic rings. The molecule has 2 rings (SSSR count). The van der Waals surface area contributed by atoms with E-state index in [1.165, 1.54) is 11.0 Å². The van der Waals surface area contributed by atoms with E-state index in [0.717, 1.165) is 4.47 Å². The molecule has 4 nitrogen and oxygen atoms in total. The van der Waals surface area contributed by atoms with Gasteiger partial charge in [0.05, 0.1) is 5.56 Å². The Balaban J connectivity index is 2.32. The number of amides is 1. The Labute approximate surface area is 113 Å². The average Bonchev–Trinajstić information content (AvgIpc) is 2.38. The van der Waals surface area contributed by atoms with Crippen molar-refractivity contribution in [3.8, 4) is 5.75 Å². The van der Waals surface area contributed by atoms with Crippen molar-refractivity contribution in [3.05, 3.63) is 52.6 Å². The first-order chi connectivity index (χ1) is 8.59. The van der Waals surface area contributed by atoms with E-state index in [9.17, 15) is 9.90 Å². The van der Waals surface area contributed by atoms with E-state index in [2.05, 4.69) is 20.9 Å². The zero-order chi connectivity index (χ0) is 13.1. The number of pyridine rings is 1. The van der Waals surface area contributed by atoms with E-state index in [1.54, 1.807) is 43.6 Å². The van der Waals surface area contributed by atoms with Crippen molar-refractivity contribution in [1.29, 1.82) is 0 Å². The molecule has 0 atom stereocenters. The second kappa shape index (κ2) is 5.18. The number of aromatic nitrogens is 1. The first-order valence-electron chi connectivity index (χ1n) is 5.27. The number of rotatable bonds is 2. The highest BCUT2D eigenvalue weighted by Crippen LogP contribution is 2.24. The van der Waals surface area contributed by atoms with Gasteiger partial charge in [-0.1, -0.05) is 22.0 Å². The van der Waals surface area contributed by atoms with Gasteiger partial charge in [-0.2, -0.15) is 0 Å². The maximum atomic E-state index is 12.2. The molecule has 0 fully saturated rings. The first-order valence-corrected chi connectivity index (χ1v) is 6.06. The van der Waals surface area contributed by atoms with Crippen LogP contribution in [0.2, 0.25) is 0 Å².